The van der Waals surface area contributed by atoms with E-state index >= 15 is 0 Å². The summed E-state index contributed by atoms with van der Waals surface area (Å²) in [6.07, 6.45) is -0.516. The molecule has 3 rings (SSSR count). The molecule has 1 atom stereocenters. The van der Waals surface area contributed by atoms with Crippen molar-refractivity contribution in [3.8, 4) is 5.75 Å². The highest BCUT2D eigenvalue weighted by Crippen LogP contribution is 2.31. The molecule has 1 aromatic heterocycles. The number of hydrogen-bond donors (Lipinski definition) is 0. The molecule has 0 spiro atoms. The molecule has 0 fully saturated rings. The number of nitrogens with zero attached hydrogens (tertiary/aromatic N) is 2. The van der Waals surface area contributed by atoms with E-state index in [1.807, 2.05) is 30.5 Å². The van der Waals surface area contributed by atoms with Crippen molar-refractivity contribution < 1.29 is 14.3 Å². The third-order valence-corrected chi connectivity index (χ3v) is 4.42. The van der Waals surface area contributed by atoms with Crippen LogP contribution in [0.3, 0.4) is 0 Å². The molecule has 1 aliphatic heterocycles. The van der Waals surface area contributed by atoms with E-state index in [2.05, 4.69) is 5.10 Å². The number of carbonyl (C=O) groups excluding carboxylic acids is 1. The number of benzene rings is 1. The number of carbonyl (C=O) groups is 1. The average molecular weight is 351 g/mol. The Kier molecular flexibility index (Phi) is 4.54. The smallest absolute Gasteiger partial charge is 0.247 e. The Bertz CT molecular complexity index is 746. The molecule has 0 bridgehead atoms. The molecule has 5 nitrogen and oxygen atoms in total. The largest absolute Gasteiger partial charge is 0.484 e. The summed E-state index contributed by atoms with van der Waals surface area (Å²) >= 11 is 7.44. The number of hydrogen-bond acceptors (Lipinski definition) is 5. The van der Waals surface area contributed by atoms with Gasteiger partial charge in [-0.3, -0.25) is 4.79 Å². The fourth-order valence-electron chi connectivity index (χ4n) is 2.20. The zero-order valence-corrected chi connectivity index (χ0v) is 14.2. The Morgan fingerprint density at radius 1 is 1.48 bits per heavy atom. The predicted molar refractivity (Wildman–Crippen MR) is 89.8 cm³/mol. The van der Waals surface area contributed by atoms with Crippen LogP contribution in [0.5, 0.6) is 5.75 Å². The Morgan fingerprint density at radius 3 is 2.96 bits per heavy atom. The fourth-order valence-corrected chi connectivity index (χ4v) is 3.16. The van der Waals surface area contributed by atoms with Gasteiger partial charge in [0.25, 0.3) is 0 Å². The number of aryl methyl sites for hydroxylation is 1. The summed E-state index contributed by atoms with van der Waals surface area (Å²) in [7, 11) is 0. The number of amides is 1. The summed E-state index contributed by atoms with van der Waals surface area (Å²) in [5.41, 5.74) is 0.925. The van der Waals surface area contributed by atoms with E-state index in [9.17, 15) is 4.79 Å². The lowest BCUT2D eigenvalue weighted by atomic mass is 10.2. The van der Waals surface area contributed by atoms with Gasteiger partial charge in [-0.05, 0) is 42.1 Å². The third-order valence-electron chi connectivity index (χ3n) is 3.29. The van der Waals surface area contributed by atoms with Crippen molar-refractivity contribution in [3.05, 3.63) is 51.2 Å². The van der Waals surface area contributed by atoms with Crippen molar-refractivity contribution in [1.29, 1.82) is 0 Å². The molecule has 120 valence electrons. The summed E-state index contributed by atoms with van der Waals surface area (Å²) < 4.78 is 11.5. The molecular weight excluding hydrogens is 336 g/mol. The van der Waals surface area contributed by atoms with Gasteiger partial charge in [0.2, 0.25) is 18.0 Å². The first-order chi connectivity index (χ1) is 11.0. The van der Waals surface area contributed by atoms with Gasteiger partial charge in [-0.15, -0.1) is 16.4 Å². The third kappa shape index (κ3) is 3.48. The van der Waals surface area contributed by atoms with Gasteiger partial charge in [-0.1, -0.05) is 17.7 Å². The number of ether oxygens (including phenoxy) is 2. The van der Waals surface area contributed by atoms with E-state index in [1.165, 1.54) is 23.3 Å². The van der Waals surface area contributed by atoms with E-state index in [0.717, 1.165) is 10.4 Å². The van der Waals surface area contributed by atoms with Crippen LogP contribution in [-0.4, -0.2) is 23.4 Å². The first-order valence-corrected chi connectivity index (χ1v) is 8.26. The summed E-state index contributed by atoms with van der Waals surface area (Å²) in [6.45, 7) is 3.52. The molecule has 2 heterocycles. The lowest BCUT2D eigenvalue weighted by molar-refractivity contribution is -0.135. The van der Waals surface area contributed by atoms with Crippen LogP contribution in [0.2, 0.25) is 5.02 Å². The Balaban J connectivity index is 1.71. The van der Waals surface area contributed by atoms with Gasteiger partial charge in [-0.25, -0.2) is 0 Å². The molecule has 0 radical (unpaired) electrons. The van der Waals surface area contributed by atoms with E-state index in [4.69, 9.17) is 21.1 Å². The van der Waals surface area contributed by atoms with E-state index in [1.54, 1.807) is 12.1 Å². The molecule has 1 aromatic carbocycles. The van der Waals surface area contributed by atoms with Crippen LogP contribution in [0.25, 0.3) is 0 Å². The monoisotopic (exact) mass is 350 g/mol. The Morgan fingerprint density at radius 2 is 2.30 bits per heavy atom. The van der Waals surface area contributed by atoms with E-state index in [-0.39, 0.29) is 12.5 Å². The van der Waals surface area contributed by atoms with Crippen LogP contribution in [0.1, 0.15) is 23.6 Å². The fraction of sp³-hybridized carbons (Fsp3) is 0.250. The van der Waals surface area contributed by atoms with Crippen molar-refractivity contribution >= 4 is 34.7 Å². The molecule has 7 heteroatoms. The summed E-state index contributed by atoms with van der Waals surface area (Å²) in [4.78, 5) is 12.7. The molecule has 23 heavy (non-hydrogen) atoms. The van der Waals surface area contributed by atoms with Crippen LogP contribution >= 0.6 is 22.9 Å². The van der Waals surface area contributed by atoms with Gasteiger partial charge in [-0.2, -0.15) is 5.01 Å². The van der Waals surface area contributed by atoms with Gasteiger partial charge >= 0.3 is 0 Å². The molecule has 0 saturated heterocycles. The summed E-state index contributed by atoms with van der Waals surface area (Å²) in [6, 6.07) is 9.20. The molecule has 0 saturated carbocycles. The standard InChI is InChI=1S/C16H15ClN2O3S/c1-10-8-12(17)5-6-13(10)21-9-15-18-19(11(2)20)16(22-15)14-4-3-7-23-14/h3-8,16H,9H2,1-2H3/t16-/m0/s1. The molecule has 0 N–H and O–H groups in total. The SMILES string of the molecule is CC(=O)N1N=C(COc2ccc(Cl)cc2C)O[C@H]1c1cccs1. The summed E-state index contributed by atoms with van der Waals surface area (Å²) in [5.74, 6) is 0.892. The van der Waals surface area contributed by atoms with Gasteiger partial charge in [0, 0.05) is 11.9 Å². The normalized spacial score (nSPS) is 16.9. The van der Waals surface area contributed by atoms with Crippen LogP contribution in [0.15, 0.2) is 40.8 Å². The number of hydrazone groups is 1. The maximum absolute atomic E-state index is 11.8. The second kappa shape index (κ2) is 6.60. The quantitative estimate of drug-likeness (QED) is 0.838. The van der Waals surface area contributed by atoms with Crippen LogP contribution in [0.4, 0.5) is 0 Å². The minimum absolute atomic E-state index is 0.147. The molecule has 0 unspecified atom stereocenters. The highest BCUT2D eigenvalue weighted by atomic mass is 35.5. The van der Waals surface area contributed by atoms with Gasteiger partial charge in [0.05, 0.1) is 4.88 Å². The molecule has 0 aliphatic carbocycles. The second-order valence-corrected chi connectivity index (χ2v) is 6.46. The van der Waals surface area contributed by atoms with E-state index < -0.39 is 6.23 Å². The number of thiophene rings is 1. The van der Waals surface area contributed by atoms with Crippen molar-refractivity contribution in [2.75, 3.05) is 6.61 Å². The van der Waals surface area contributed by atoms with Crippen molar-refractivity contribution in [2.45, 2.75) is 20.1 Å². The molecule has 1 amide bonds. The van der Waals surface area contributed by atoms with E-state index in [0.29, 0.717) is 16.7 Å². The number of rotatable bonds is 4. The zero-order valence-electron chi connectivity index (χ0n) is 12.7. The first-order valence-electron chi connectivity index (χ1n) is 7.01. The van der Waals surface area contributed by atoms with Gasteiger partial charge in [0.15, 0.2) is 6.61 Å². The minimum atomic E-state index is -0.516. The highest BCUT2D eigenvalue weighted by Gasteiger charge is 2.33. The predicted octanol–water partition coefficient (Wildman–Crippen LogP) is 3.98. The minimum Gasteiger partial charge on any atom is -0.484 e. The van der Waals surface area contributed by atoms with Crippen molar-refractivity contribution in [2.24, 2.45) is 5.10 Å². The Hall–Kier alpha value is -2.05. The lowest BCUT2D eigenvalue weighted by Gasteiger charge is -2.17. The first kappa shape index (κ1) is 15.8. The Labute approximate surface area is 143 Å². The van der Waals surface area contributed by atoms with Gasteiger partial charge in [0.1, 0.15) is 5.75 Å². The zero-order chi connectivity index (χ0) is 16.4. The highest BCUT2D eigenvalue weighted by molar-refractivity contribution is 7.10. The maximum Gasteiger partial charge on any atom is 0.247 e. The average Bonchev–Trinajstić information content (AvgIpc) is 3.15. The van der Waals surface area contributed by atoms with Gasteiger partial charge < -0.3 is 9.47 Å². The van der Waals surface area contributed by atoms with Crippen molar-refractivity contribution in [3.63, 3.8) is 0 Å². The maximum atomic E-state index is 11.8. The van der Waals surface area contributed by atoms with Crippen LogP contribution in [0, 0.1) is 6.92 Å². The lowest BCUT2D eigenvalue weighted by Crippen LogP contribution is -2.24. The molecule has 2 aromatic rings. The van der Waals surface area contributed by atoms with Crippen LogP contribution in [-0.2, 0) is 9.53 Å². The topological polar surface area (TPSA) is 51.1 Å². The summed E-state index contributed by atoms with van der Waals surface area (Å²) in [5, 5.41) is 8.14. The second-order valence-electron chi connectivity index (χ2n) is 5.04. The molecular formula is C16H15ClN2O3S. The van der Waals surface area contributed by atoms with Crippen LogP contribution < -0.4 is 4.74 Å². The number of halogens is 1. The van der Waals surface area contributed by atoms with Crippen molar-refractivity contribution in [1.82, 2.24) is 5.01 Å². The molecule has 1 aliphatic rings.